The van der Waals surface area contributed by atoms with Crippen LogP contribution in [0.15, 0.2) is 18.2 Å². The van der Waals surface area contributed by atoms with Crippen LogP contribution in [-0.2, 0) is 18.9 Å². The Labute approximate surface area is 203 Å². The average Bonchev–Trinajstić information content (AvgIpc) is 2.78. The molecule has 192 valence electrons. The number of carbonyl (C=O) groups is 1. The normalized spacial score (nSPS) is 30.7. The lowest BCUT2D eigenvalue weighted by atomic mass is 9.97. The third-order valence-electron chi connectivity index (χ3n) is 6.75. The Morgan fingerprint density at radius 2 is 1.82 bits per heavy atom. The highest BCUT2D eigenvalue weighted by Crippen LogP contribution is 2.37. The van der Waals surface area contributed by atoms with Gasteiger partial charge in [-0.05, 0) is 77.0 Å². The Kier molecular flexibility index (Phi) is 10.3. The highest BCUT2D eigenvalue weighted by molar-refractivity contribution is 5.94. The number of carbonyl (C=O) groups excluding carboxylic acids is 1. The molecular weight excluding hydrogens is 436 g/mol. The van der Waals surface area contributed by atoms with Gasteiger partial charge in [0.15, 0.2) is 18.4 Å². The summed E-state index contributed by atoms with van der Waals surface area (Å²) in [5, 5.41) is 21.0. The first-order chi connectivity index (χ1) is 16.3. The van der Waals surface area contributed by atoms with E-state index in [4.69, 9.17) is 18.9 Å². The molecule has 7 heteroatoms. The van der Waals surface area contributed by atoms with Crippen molar-refractivity contribution in [3.8, 4) is 5.75 Å². The number of ketones is 1. The molecular formula is C27H42O7. The van der Waals surface area contributed by atoms with Crippen molar-refractivity contribution in [3.63, 3.8) is 0 Å². The van der Waals surface area contributed by atoms with Gasteiger partial charge in [-0.2, -0.15) is 0 Å². The Morgan fingerprint density at radius 3 is 2.53 bits per heavy atom. The molecule has 2 N–H and O–H groups in total. The maximum Gasteiger partial charge on any atom is 0.188 e. The van der Waals surface area contributed by atoms with Gasteiger partial charge in [0, 0.05) is 12.0 Å². The highest BCUT2D eigenvalue weighted by Gasteiger charge is 2.32. The van der Waals surface area contributed by atoms with E-state index in [0.717, 1.165) is 44.9 Å². The first-order valence-electron chi connectivity index (χ1n) is 12.9. The van der Waals surface area contributed by atoms with Crippen molar-refractivity contribution in [2.75, 3.05) is 0 Å². The summed E-state index contributed by atoms with van der Waals surface area (Å²) in [6, 6.07) is 4.78. The summed E-state index contributed by atoms with van der Waals surface area (Å²) in [4.78, 5) is 11.8. The van der Waals surface area contributed by atoms with E-state index in [9.17, 15) is 15.0 Å². The Balaban J connectivity index is 1.51. The van der Waals surface area contributed by atoms with Crippen molar-refractivity contribution in [1.82, 2.24) is 0 Å². The molecule has 1 aromatic carbocycles. The molecule has 0 radical (unpaired) electrons. The number of hydrogen-bond donors (Lipinski definition) is 2. The molecule has 7 atom stereocenters. The maximum atomic E-state index is 11.8. The van der Waals surface area contributed by atoms with E-state index in [-0.39, 0.29) is 42.2 Å². The van der Waals surface area contributed by atoms with Gasteiger partial charge in [0.2, 0.25) is 0 Å². The van der Waals surface area contributed by atoms with Crippen LogP contribution >= 0.6 is 0 Å². The summed E-state index contributed by atoms with van der Waals surface area (Å²) in [6.45, 7) is 7.75. The van der Waals surface area contributed by atoms with Crippen LogP contribution < -0.4 is 0 Å². The topological polar surface area (TPSA) is 94.5 Å². The van der Waals surface area contributed by atoms with E-state index in [1.54, 1.807) is 12.1 Å². The fraction of sp³-hybridized carbons (Fsp3) is 0.741. The summed E-state index contributed by atoms with van der Waals surface area (Å²) < 4.78 is 24.1. The van der Waals surface area contributed by atoms with Gasteiger partial charge in [-0.3, -0.25) is 4.79 Å². The molecule has 2 saturated heterocycles. The van der Waals surface area contributed by atoms with Crippen molar-refractivity contribution < 1.29 is 34.0 Å². The minimum absolute atomic E-state index is 0.0154. The number of phenols is 1. The number of aromatic hydroxyl groups is 1. The lowest BCUT2D eigenvalue weighted by Gasteiger charge is -2.36. The van der Waals surface area contributed by atoms with Crippen LogP contribution in [0.4, 0.5) is 0 Å². The van der Waals surface area contributed by atoms with E-state index in [1.165, 1.54) is 13.0 Å². The van der Waals surface area contributed by atoms with Crippen molar-refractivity contribution in [2.45, 2.75) is 129 Å². The predicted octanol–water partition coefficient (Wildman–Crippen LogP) is 5.42. The number of phenolic OH excluding ortho intramolecular Hbond substituents is 1. The molecule has 6 unspecified atom stereocenters. The number of rotatable bonds is 11. The highest BCUT2D eigenvalue weighted by atomic mass is 16.7. The molecule has 2 heterocycles. The zero-order valence-electron chi connectivity index (χ0n) is 21.1. The largest absolute Gasteiger partial charge is 0.507 e. The van der Waals surface area contributed by atoms with Crippen LogP contribution in [0, 0.1) is 0 Å². The number of aliphatic hydroxyl groups is 1. The zero-order valence-corrected chi connectivity index (χ0v) is 21.1. The second-order valence-electron chi connectivity index (χ2n) is 9.80. The van der Waals surface area contributed by atoms with Gasteiger partial charge in [-0.15, -0.1) is 0 Å². The van der Waals surface area contributed by atoms with Crippen LogP contribution in [-0.4, -0.2) is 52.8 Å². The number of hydrogen-bond acceptors (Lipinski definition) is 7. The molecule has 0 saturated carbocycles. The summed E-state index contributed by atoms with van der Waals surface area (Å²) in [6.07, 6.45) is 6.09. The molecule has 0 bridgehead atoms. The van der Waals surface area contributed by atoms with Gasteiger partial charge in [0.1, 0.15) is 5.75 Å². The predicted molar refractivity (Wildman–Crippen MR) is 129 cm³/mol. The summed E-state index contributed by atoms with van der Waals surface area (Å²) in [7, 11) is 0. The van der Waals surface area contributed by atoms with E-state index >= 15 is 0 Å². The molecule has 7 nitrogen and oxygen atoms in total. The molecule has 2 aliphatic heterocycles. The average molecular weight is 479 g/mol. The third-order valence-corrected chi connectivity index (χ3v) is 6.75. The fourth-order valence-electron chi connectivity index (χ4n) is 4.86. The van der Waals surface area contributed by atoms with Gasteiger partial charge < -0.3 is 29.2 Å². The molecule has 34 heavy (non-hydrogen) atoms. The first-order valence-corrected chi connectivity index (χ1v) is 12.9. The number of ether oxygens (including phenoxy) is 4. The quantitative estimate of drug-likeness (QED) is 0.410. The molecule has 0 spiro atoms. The second kappa shape index (κ2) is 13.0. The molecule has 0 aromatic heterocycles. The Hall–Kier alpha value is -1.51. The van der Waals surface area contributed by atoms with Crippen molar-refractivity contribution in [3.05, 3.63) is 29.3 Å². The first kappa shape index (κ1) is 27.1. The Morgan fingerprint density at radius 1 is 1.06 bits per heavy atom. The number of Topliss-reactive ketones (excluding diaryl/α,β-unsaturated/α-hetero) is 1. The van der Waals surface area contributed by atoms with E-state index in [2.05, 4.69) is 20.8 Å². The van der Waals surface area contributed by atoms with Crippen molar-refractivity contribution in [2.24, 2.45) is 0 Å². The smallest absolute Gasteiger partial charge is 0.188 e. The van der Waals surface area contributed by atoms with Gasteiger partial charge in [0.05, 0.1) is 36.1 Å². The van der Waals surface area contributed by atoms with Crippen LogP contribution in [0.1, 0.15) is 108 Å². The van der Waals surface area contributed by atoms with Crippen LogP contribution in [0.3, 0.4) is 0 Å². The maximum absolute atomic E-state index is 11.8. The fourth-order valence-corrected chi connectivity index (χ4v) is 4.86. The van der Waals surface area contributed by atoms with E-state index < -0.39 is 12.4 Å². The molecule has 0 aliphatic carbocycles. The molecule has 1 aromatic rings. The summed E-state index contributed by atoms with van der Waals surface area (Å²) in [5.74, 6) is -0.00783. The van der Waals surface area contributed by atoms with Crippen LogP contribution in [0.25, 0.3) is 0 Å². The monoisotopic (exact) mass is 478 g/mol. The van der Waals surface area contributed by atoms with Crippen LogP contribution in [0.5, 0.6) is 5.75 Å². The Bertz CT molecular complexity index is 782. The van der Waals surface area contributed by atoms with Gasteiger partial charge in [-0.25, -0.2) is 0 Å². The molecule has 2 aliphatic rings. The minimum atomic E-state index is -0.708. The van der Waals surface area contributed by atoms with E-state index in [1.807, 2.05) is 0 Å². The number of aliphatic hydroxyl groups excluding tert-OH is 1. The number of benzene rings is 1. The van der Waals surface area contributed by atoms with Crippen molar-refractivity contribution in [1.29, 1.82) is 0 Å². The standard InChI is InChI=1S/C27H42O7/c1-5-8-26-31-17(3)13-23(32-26)15-20(29)9-7-10-22-16-21(6-2)33-27(34-22)24-14-19(18(4)28)11-12-25(24)30/h11-12,14,17,20-23,26-27,29-30H,5-10,13,15-16H2,1-4H3/t17-,20?,21?,22?,23?,26?,27?/m0/s1. The lowest BCUT2D eigenvalue weighted by molar-refractivity contribution is -0.250. The second-order valence-corrected chi connectivity index (χ2v) is 9.80. The lowest BCUT2D eigenvalue weighted by Crippen LogP contribution is -2.38. The van der Waals surface area contributed by atoms with E-state index in [0.29, 0.717) is 24.0 Å². The van der Waals surface area contributed by atoms with Gasteiger partial charge in [-0.1, -0.05) is 20.3 Å². The van der Waals surface area contributed by atoms with Crippen molar-refractivity contribution >= 4 is 5.78 Å². The van der Waals surface area contributed by atoms with Gasteiger partial charge >= 0.3 is 0 Å². The van der Waals surface area contributed by atoms with Crippen LogP contribution in [0.2, 0.25) is 0 Å². The molecule has 3 rings (SSSR count). The summed E-state index contributed by atoms with van der Waals surface area (Å²) >= 11 is 0. The molecule has 2 fully saturated rings. The molecule has 0 amide bonds. The summed E-state index contributed by atoms with van der Waals surface area (Å²) in [5.41, 5.74) is 1.01. The zero-order chi connectivity index (χ0) is 24.7. The van der Waals surface area contributed by atoms with Gasteiger partial charge in [0.25, 0.3) is 0 Å². The minimum Gasteiger partial charge on any atom is -0.507 e. The SMILES string of the molecule is CCCC1OC(CC(O)CCCC2CC(CC)OC(c3cc(C(C)=O)ccc3O)O2)C[C@H](C)O1. The third kappa shape index (κ3) is 7.75.